The van der Waals surface area contributed by atoms with Crippen molar-refractivity contribution in [1.82, 2.24) is 0 Å². The number of halogens is 4. The van der Waals surface area contributed by atoms with Crippen LogP contribution in [0.2, 0.25) is 0 Å². The summed E-state index contributed by atoms with van der Waals surface area (Å²) in [7, 11) is 0. The van der Waals surface area contributed by atoms with Gasteiger partial charge in [-0.1, -0.05) is 12.1 Å². The highest BCUT2D eigenvalue weighted by atomic mass is 19.4. The lowest BCUT2D eigenvalue weighted by Gasteiger charge is -2.13. The Morgan fingerprint density at radius 1 is 1.18 bits per heavy atom. The van der Waals surface area contributed by atoms with E-state index in [1.165, 1.54) is 12.1 Å². The van der Waals surface area contributed by atoms with Crippen LogP contribution >= 0.6 is 0 Å². The van der Waals surface area contributed by atoms with E-state index in [2.05, 4.69) is 4.74 Å². The van der Waals surface area contributed by atoms with Gasteiger partial charge in [-0.2, -0.15) is 13.2 Å². The SMILES string of the molecule is NC(COCC(F)(F)F)Cc1ccc(F)cc1. The topological polar surface area (TPSA) is 35.2 Å². The van der Waals surface area contributed by atoms with Gasteiger partial charge >= 0.3 is 6.18 Å². The van der Waals surface area contributed by atoms with E-state index < -0.39 is 18.8 Å². The summed E-state index contributed by atoms with van der Waals surface area (Å²) in [6.07, 6.45) is -3.99. The van der Waals surface area contributed by atoms with Gasteiger partial charge < -0.3 is 10.5 Å². The molecule has 1 aromatic rings. The second-order valence-corrected chi connectivity index (χ2v) is 3.72. The van der Waals surface area contributed by atoms with Crippen molar-refractivity contribution in [3.05, 3.63) is 35.6 Å². The number of alkyl halides is 3. The van der Waals surface area contributed by atoms with Crippen molar-refractivity contribution in [3.8, 4) is 0 Å². The molecule has 0 radical (unpaired) electrons. The summed E-state index contributed by atoms with van der Waals surface area (Å²) < 4.78 is 52.3. The lowest BCUT2D eigenvalue weighted by molar-refractivity contribution is -0.174. The highest BCUT2D eigenvalue weighted by molar-refractivity contribution is 5.17. The first-order chi connectivity index (χ1) is 7.87. The number of ether oxygens (including phenoxy) is 1. The Morgan fingerprint density at radius 2 is 1.76 bits per heavy atom. The maximum atomic E-state index is 12.6. The molecule has 2 nitrogen and oxygen atoms in total. The quantitative estimate of drug-likeness (QED) is 0.815. The van der Waals surface area contributed by atoms with Crippen LogP contribution < -0.4 is 5.73 Å². The minimum absolute atomic E-state index is 0.184. The monoisotopic (exact) mass is 251 g/mol. The van der Waals surface area contributed by atoms with Crippen molar-refractivity contribution >= 4 is 0 Å². The molecule has 0 bridgehead atoms. The second-order valence-electron chi connectivity index (χ2n) is 3.72. The maximum Gasteiger partial charge on any atom is 0.411 e. The standard InChI is InChI=1S/C11H13F4NO/c12-9-3-1-8(2-4-9)5-10(16)6-17-7-11(13,14)15/h1-4,10H,5-7,16H2. The Morgan fingerprint density at radius 3 is 2.29 bits per heavy atom. The maximum absolute atomic E-state index is 12.6. The van der Waals surface area contributed by atoms with Crippen LogP contribution in [0.3, 0.4) is 0 Å². The highest BCUT2D eigenvalue weighted by Gasteiger charge is 2.27. The molecule has 0 spiro atoms. The van der Waals surface area contributed by atoms with Crippen LogP contribution in [0, 0.1) is 5.82 Å². The van der Waals surface area contributed by atoms with Crippen molar-refractivity contribution in [2.75, 3.05) is 13.2 Å². The molecule has 0 aromatic heterocycles. The first kappa shape index (κ1) is 13.9. The third kappa shape index (κ3) is 6.23. The van der Waals surface area contributed by atoms with Crippen LogP contribution in [0.4, 0.5) is 17.6 Å². The van der Waals surface area contributed by atoms with Crippen molar-refractivity contribution < 1.29 is 22.3 Å². The highest BCUT2D eigenvalue weighted by Crippen LogP contribution is 2.14. The molecule has 0 heterocycles. The van der Waals surface area contributed by atoms with Crippen LogP contribution in [0.1, 0.15) is 5.56 Å². The summed E-state index contributed by atoms with van der Waals surface area (Å²) in [5, 5.41) is 0. The fraction of sp³-hybridized carbons (Fsp3) is 0.455. The third-order valence-electron chi connectivity index (χ3n) is 2.01. The van der Waals surface area contributed by atoms with Crippen LogP contribution in [-0.2, 0) is 11.2 Å². The van der Waals surface area contributed by atoms with Crippen LogP contribution in [0.15, 0.2) is 24.3 Å². The smallest absolute Gasteiger partial charge is 0.370 e. The van der Waals surface area contributed by atoms with Crippen LogP contribution in [0.25, 0.3) is 0 Å². The van der Waals surface area contributed by atoms with E-state index in [1.54, 1.807) is 12.1 Å². The Hall–Kier alpha value is -1.14. The Bertz CT molecular complexity index is 336. The lowest BCUT2D eigenvalue weighted by Crippen LogP contribution is -2.31. The van der Waals surface area contributed by atoms with Crippen molar-refractivity contribution in [3.63, 3.8) is 0 Å². The summed E-state index contributed by atoms with van der Waals surface area (Å²) in [5.41, 5.74) is 6.35. The van der Waals surface area contributed by atoms with Gasteiger partial charge in [0.05, 0.1) is 6.61 Å². The molecule has 0 saturated carbocycles. The Kier molecular flexibility index (Phi) is 4.89. The van der Waals surface area contributed by atoms with Gasteiger partial charge in [-0.05, 0) is 24.1 Å². The molecule has 96 valence electrons. The van der Waals surface area contributed by atoms with E-state index in [0.29, 0.717) is 6.42 Å². The van der Waals surface area contributed by atoms with E-state index in [9.17, 15) is 17.6 Å². The molecule has 2 N–H and O–H groups in total. The number of hydrogen-bond acceptors (Lipinski definition) is 2. The predicted octanol–water partition coefficient (Wildman–Crippen LogP) is 2.27. The van der Waals surface area contributed by atoms with E-state index in [4.69, 9.17) is 5.73 Å². The summed E-state index contributed by atoms with van der Waals surface area (Å²) >= 11 is 0. The first-order valence-electron chi connectivity index (χ1n) is 5.01. The van der Waals surface area contributed by atoms with Gasteiger partial charge in [0, 0.05) is 6.04 Å². The minimum Gasteiger partial charge on any atom is -0.370 e. The zero-order valence-electron chi connectivity index (χ0n) is 9.01. The zero-order chi connectivity index (χ0) is 12.9. The van der Waals surface area contributed by atoms with Gasteiger partial charge in [0.1, 0.15) is 12.4 Å². The van der Waals surface area contributed by atoms with Gasteiger partial charge in [0.15, 0.2) is 0 Å². The van der Waals surface area contributed by atoms with E-state index in [-0.39, 0.29) is 12.4 Å². The molecule has 1 aromatic carbocycles. The van der Waals surface area contributed by atoms with E-state index >= 15 is 0 Å². The molecule has 6 heteroatoms. The largest absolute Gasteiger partial charge is 0.411 e. The van der Waals surface area contributed by atoms with Crippen LogP contribution in [0.5, 0.6) is 0 Å². The second kappa shape index (κ2) is 5.97. The Balaban J connectivity index is 2.30. The lowest BCUT2D eigenvalue weighted by atomic mass is 10.1. The van der Waals surface area contributed by atoms with Crippen molar-refractivity contribution in [2.45, 2.75) is 18.6 Å². The van der Waals surface area contributed by atoms with Gasteiger partial charge in [0.25, 0.3) is 0 Å². The summed E-state index contributed by atoms with van der Waals surface area (Å²) in [4.78, 5) is 0. The first-order valence-corrected chi connectivity index (χ1v) is 5.01. The van der Waals surface area contributed by atoms with Gasteiger partial charge in [-0.3, -0.25) is 0 Å². The normalized spacial score (nSPS) is 13.7. The van der Waals surface area contributed by atoms with Crippen LogP contribution in [-0.4, -0.2) is 25.4 Å². The van der Waals surface area contributed by atoms with E-state index in [0.717, 1.165) is 5.56 Å². The number of rotatable bonds is 5. The molecular formula is C11H13F4NO. The molecule has 0 aliphatic carbocycles. The minimum atomic E-state index is -4.34. The Labute approximate surface area is 96.4 Å². The molecule has 17 heavy (non-hydrogen) atoms. The van der Waals surface area contributed by atoms with E-state index in [1.807, 2.05) is 0 Å². The molecule has 1 unspecified atom stereocenters. The summed E-state index contributed by atoms with van der Waals surface area (Å²) in [5.74, 6) is -0.365. The molecule has 1 atom stereocenters. The molecule has 0 aliphatic heterocycles. The third-order valence-corrected chi connectivity index (χ3v) is 2.01. The average molecular weight is 251 g/mol. The molecule has 1 rings (SSSR count). The molecule has 0 aliphatic rings. The molecule has 0 fully saturated rings. The van der Waals surface area contributed by atoms with Gasteiger partial charge in [0.2, 0.25) is 0 Å². The fourth-order valence-corrected chi connectivity index (χ4v) is 1.31. The zero-order valence-corrected chi connectivity index (χ0v) is 9.01. The summed E-state index contributed by atoms with van der Waals surface area (Å²) in [6.45, 7) is -1.49. The number of benzene rings is 1. The molecule has 0 amide bonds. The predicted molar refractivity (Wildman–Crippen MR) is 55.0 cm³/mol. The number of nitrogens with two attached hydrogens (primary N) is 1. The number of hydrogen-bond donors (Lipinski definition) is 1. The van der Waals surface area contributed by atoms with Crippen molar-refractivity contribution in [1.29, 1.82) is 0 Å². The molecule has 0 saturated heterocycles. The van der Waals surface area contributed by atoms with Gasteiger partial charge in [-0.25, -0.2) is 4.39 Å². The van der Waals surface area contributed by atoms with Gasteiger partial charge in [-0.15, -0.1) is 0 Å². The fourth-order valence-electron chi connectivity index (χ4n) is 1.31. The van der Waals surface area contributed by atoms with Crippen molar-refractivity contribution in [2.24, 2.45) is 5.73 Å². The molecular weight excluding hydrogens is 238 g/mol. The average Bonchev–Trinajstić information content (AvgIpc) is 2.19. The summed E-state index contributed by atoms with van der Waals surface area (Å²) in [6, 6.07) is 5.10.